The minimum absolute atomic E-state index is 0.0263. The zero-order chi connectivity index (χ0) is 67.9. The van der Waals surface area contributed by atoms with Gasteiger partial charge in [-0.3, -0.25) is 52.8 Å². The molecule has 16 N–H and O–H groups in total. The standard InChI is InChI=1S/C64H95N17O13S/c65-19-7-5-16-53-62(90)75-52(58(66)86)15-6-8-21-81-36-45(79-80-81)29-41(31-48(84)37-94-26-25-93-24-23-92-22-10-12-46(82)11-1-4-18-56-57-54(38-95-56)77-64(91)78-57)61(89)74-51(17-9-20-70-63(67)68)55(85)32-42(28-44-34-69-39-73-44)59(87)72-35-47(83)30-40(60(88)76-53)27-43-33-71-50-14-3-2-13-49(43)50/h2-3,13-14,33-34,36,39-42,51-54,56-57,71H,1,4-12,15-32,35,37-38,65H2,(H2,66,86)(H,69,73)(H,72,87)(H,74,89)(H,75,90)(H,76,88)(H4,67,68,70)(H2,77,78,91)/t40-,41+,42-,51+,52-,53+,54+,56+,57+/m0/s1. The number of fused-ring (bicyclic) bond motifs is 4. The summed E-state index contributed by atoms with van der Waals surface area (Å²) in [5, 5.41) is 26.9. The van der Waals surface area contributed by atoms with E-state index in [1.807, 2.05) is 36.0 Å². The molecule has 0 aliphatic carbocycles. The van der Waals surface area contributed by atoms with E-state index in [0.717, 1.165) is 41.5 Å². The molecule has 4 aromatic rings. The third kappa shape index (κ3) is 25.5. The molecule has 31 heteroatoms. The van der Waals surface area contributed by atoms with Crippen molar-refractivity contribution < 1.29 is 62.2 Å². The van der Waals surface area contributed by atoms with Crippen molar-refractivity contribution in [1.82, 2.24) is 61.8 Å². The Kier molecular flexibility index (Phi) is 31.0. The van der Waals surface area contributed by atoms with Crippen LogP contribution in [0.15, 0.2) is 54.2 Å². The highest BCUT2D eigenvalue weighted by Gasteiger charge is 2.43. The highest BCUT2D eigenvalue weighted by atomic mass is 32.2. The van der Waals surface area contributed by atoms with Crippen LogP contribution in [0.4, 0.5) is 4.79 Å². The van der Waals surface area contributed by atoms with Crippen LogP contribution in [0.25, 0.3) is 10.9 Å². The molecule has 2 fully saturated rings. The molecule has 1 aromatic carbocycles. The van der Waals surface area contributed by atoms with Gasteiger partial charge in [0.15, 0.2) is 23.3 Å². The molecule has 0 spiro atoms. The lowest BCUT2D eigenvalue weighted by molar-refractivity contribution is -0.135. The van der Waals surface area contributed by atoms with Crippen LogP contribution in [0.1, 0.15) is 126 Å². The average molecular weight is 1340 g/mol. The van der Waals surface area contributed by atoms with Gasteiger partial charge in [0.2, 0.25) is 29.5 Å². The van der Waals surface area contributed by atoms with Gasteiger partial charge < -0.3 is 79.0 Å². The van der Waals surface area contributed by atoms with Crippen LogP contribution in [0.5, 0.6) is 0 Å². The lowest BCUT2D eigenvalue weighted by Gasteiger charge is -2.24. The van der Waals surface area contributed by atoms with E-state index < -0.39 is 95.7 Å². The molecule has 3 aliphatic rings. The summed E-state index contributed by atoms with van der Waals surface area (Å²) in [6, 6.07) is 4.21. The fraction of sp³-hybridized carbons (Fsp3) is 0.625. The van der Waals surface area contributed by atoms with E-state index in [-0.39, 0.29) is 121 Å². The molecule has 0 unspecified atom stereocenters. The summed E-state index contributed by atoms with van der Waals surface area (Å²) < 4.78 is 18.5. The quantitative estimate of drug-likeness (QED) is 0.0139. The maximum atomic E-state index is 14.7. The maximum Gasteiger partial charge on any atom is 0.315 e. The number of aryl methyl sites for hydroxylation is 1. The molecule has 520 valence electrons. The van der Waals surface area contributed by atoms with Crippen molar-refractivity contribution in [1.29, 1.82) is 0 Å². The SMILES string of the molecule is NCCCC[C@H]1NC(=O)[C@@H](Cc2c[nH]c3ccccc23)CC(=O)CNC(=O)[C@@H](Cc2cnc[nH]2)CC(=O)[C@@H](CCCN=C(N)N)NC(=O)[C@@H](CC(=O)COCCOCCOCCCC(=O)CCCC[C@H]2SC[C@H]3NC(=O)N[C@H]32)Cc2cn(nn2)CCCC[C@@H](C(N)=O)NC1=O. The van der Waals surface area contributed by atoms with Crippen LogP contribution in [0.2, 0.25) is 0 Å². The molecule has 9 atom stereocenters. The number of para-hydroxylation sites is 1. The fourth-order valence-corrected chi connectivity index (χ4v) is 13.5. The zero-order valence-corrected chi connectivity index (χ0v) is 54.8. The third-order valence-corrected chi connectivity index (χ3v) is 18.6. The smallest absolute Gasteiger partial charge is 0.315 e. The van der Waals surface area contributed by atoms with E-state index >= 15 is 0 Å². The number of nitrogens with zero attached hydrogens (tertiary/aromatic N) is 5. The number of thioether (sulfide) groups is 1. The Bertz CT molecular complexity index is 3190. The predicted molar refractivity (Wildman–Crippen MR) is 353 cm³/mol. The Balaban J connectivity index is 0.995. The number of Topliss-reactive ketones (excluding diaryl/α,β-unsaturated/α-hetero) is 4. The number of hydrogen-bond donors (Lipinski definition) is 12. The molecule has 0 radical (unpaired) electrons. The monoisotopic (exact) mass is 1340 g/mol. The molecule has 95 heavy (non-hydrogen) atoms. The van der Waals surface area contributed by atoms with E-state index in [4.69, 9.17) is 37.1 Å². The topological polar surface area (TPSA) is 462 Å². The second-order valence-corrected chi connectivity index (χ2v) is 25.9. The summed E-state index contributed by atoms with van der Waals surface area (Å²) in [4.78, 5) is 151. The van der Waals surface area contributed by atoms with Gasteiger partial charge in [-0.25, -0.2) is 9.78 Å². The molecule has 2 saturated heterocycles. The van der Waals surface area contributed by atoms with Gasteiger partial charge in [-0.1, -0.05) is 29.8 Å². The van der Waals surface area contributed by atoms with E-state index in [1.54, 1.807) is 17.1 Å². The Morgan fingerprint density at radius 2 is 1.44 bits per heavy atom. The molecular formula is C64H95N17O13S. The molecule has 2 bridgehead atoms. The van der Waals surface area contributed by atoms with Gasteiger partial charge in [0.05, 0.1) is 75.0 Å². The van der Waals surface area contributed by atoms with Gasteiger partial charge >= 0.3 is 6.03 Å². The van der Waals surface area contributed by atoms with Gasteiger partial charge in [-0.2, -0.15) is 11.8 Å². The second kappa shape index (κ2) is 39.7. The number of unbranched alkanes of at least 4 members (excludes halogenated alkanes) is 2. The number of aromatic amines is 2. The predicted octanol–water partition coefficient (Wildman–Crippen LogP) is 0.784. The highest BCUT2D eigenvalue weighted by Crippen LogP contribution is 2.33. The number of urea groups is 1. The lowest BCUT2D eigenvalue weighted by Crippen LogP contribution is -2.54. The molecule has 3 aromatic heterocycles. The van der Waals surface area contributed by atoms with Crippen LogP contribution in [0, 0.1) is 17.8 Å². The number of H-pyrrole nitrogens is 2. The molecule has 3 aliphatic heterocycles. The van der Waals surface area contributed by atoms with Crippen molar-refractivity contribution in [3.8, 4) is 0 Å². The Morgan fingerprint density at radius 1 is 0.705 bits per heavy atom. The fourth-order valence-electron chi connectivity index (χ4n) is 12.0. The zero-order valence-electron chi connectivity index (χ0n) is 54.0. The normalized spacial score (nSPS) is 23.0. The number of nitrogens with two attached hydrogens (primary N) is 4. The average Bonchev–Trinajstić information content (AvgIpc) is 1.72. The third-order valence-electron chi connectivity index (χ3n) is 17.1. The van der Waals surface area contributed by atoms with Crippen LogP contribution >= 0.6 is 11.8 Å². The Labute approximate surface area is 556 Å². The first-order valence-electron chi connectivity index (χ1n) is 33.1. The van der Waals surface area contributed by atoms with Gasteiger partial charge in [0.1, 0.15) is 24.5 Å². The van der Waals surface area contributed by atoms with Crippen LogP contribution in [0.3, 0.4) is 0 Å². The summed E-state index contributed by atoms with van der Waals surface area (Å²) in [5.74, 6) is -7.25. The van der Waals surface area contributed by atoms with E-state index in [1.165, 1.54) is 12.5 Å². The number of aromatic nitrogens is 6. The van der Waals surface area contributed by atoms with Gasteiger partial charge in [0.25, 0.3) is 0 Å². The number of rotatable bonds is 32. The summed E-state index contributed by atoms with van der Waals surface area (Å²) in [5.41, 5.74) is 25.3. The summed E-state index contributed by atoms with van der Waals surface area (Å²) in [6.45, 7) is 0.954. The molecule has 30 nitrogen and oxygen atoms in total. The Hall–Kier alpha value is -8.13. The Morgan fingerprint density at radius 3 is 2.22 bits per heavy atom. The van der Waals surface area contributed by atoms with Crippen molar-refractivity contribution in [3.63, 3.8) is 0 Å². The minimum atomic E-state index is -1.22. The first-order chi connectivity index (χ1) is 45.9. The highest BCUT2D eigenvalue weighted by molar-refractivity contribution is 8.00. The first kappa shape index (κ1) is 74.3. The molecule has 7 amide bonds. The first-order valence-corrected chi connectivity index (χ1v) is 34.1. The molecule has 6 heterocycles. The maximum absolute atomic E-state index is 14.7. The number of carbonyl (C=O) groups excluding carboxylic acids is 10. The van der Waals surface area contributed by atoms with Crippen molar-refractivity contribution >= 4 is 87.3 Å². The number of amides is 7. The van der Waals surface area contributed by atoms with Gasteiger partial charge in [-0.15, -0.1) is 5.10 Å². The summed E-state index contributed by atoms with van der Waals surface area (Å²) in [6.07, 6.45) is 11.7. The molecular weight excluding hydrogens is 1250 g/mol. The summed E-state index contributed by atoms with van der Waals surface area (Å²) >= 11 is 1.87. The van der Waals surface area contributed by atoms with E-state index in [2.05, 4.69) is 62.2 Å². The van der Waals surface area contributed by atoms with Gasteiger partial charge in [-0.05, 0) is 95.2 Å². The number of guanidine groups is 1. The number of hydrogen-bond acceptors (Lipinski definition) is 19. The van der Waals surface area contributed by atoms with E-state index in [9.17, 15) is 47.9 Å². The largest absolute Gasteiger partial charge is 0.379 e. The number of benzene rings is 1. The lowest BCUT2D eigenvalue weighted by atomic mass is 9.90. The van der Waals surface area contributed by atoms with E-state index in [0.29, 0.717) is 87.9 Å². The van der Waals surface area contributed by atoms with Crippen LogP contribution < -0.4 is 54.8 Å². The number of primary amides is 1. The van der Waals surface area contributed by atoms with Crippen LogP contribution in [-0.2, 0) is 83.2 Å². The number of imidazole rings is 1. The minimum Gasteiger partial charge on any atom is -0.379 e. The van der Waals surface area contributed by atoms with Gasteiger partial charge in [0, 0.05) is 117 Å². The van der Waals surface area contributed by atoms with Crippen molar-refractivity contribution in [2.45, 2.75) is 170 Å². The second-order valence-electron chi connectivity index (χ2n) is 24.6. The molecule has 0 saturated carbocycles. The molecule has 7 rings (SSSR count). The number of ether oxygens (including phenoxy) is 3. The number of ketones is 4. The van der Waals surface area contributed by atoms with Crippen LogP contribution in [-0.4, -0.2) is 195 Å². The van der Waals surface area contributed by atoms with Crippen molar-refractivity contribution in [2.75, 3.05) is 65.0 Å². The number of aliphatic imine (C=N–C) groups is 1. The number of carbonyl (C=O) groups is 10. The van der Waals surface area contributed by atoms with Crippen molar-refractivity contribution in [3.05, 3.63) is 66.1 Å². The summed E-state index contributed by atoms with van der Waals surface area (Å²) in [7, 11) is 0. The number of nitrogens with one attached hydrogen (secondary N) is 8. The van der Waals surface area contributed by atoms with Crippen molar-refractivity contribution in [2.24, 2.45) is 45.7 Å².